The molecule has 2 aromatic heterocycles. The summed E-state index contributed by atoms with van der Waals surface area (Å²) < 4.78 is 44.5. The van der Waals surface area contributed by atoms with Crippen molar-refractivity contribution in [2.75, 3.05) is 43.9 Å². The molecule has 1 aliphatic heterocycles. The largest absolute Gasteiger partial charge is 0.379 e. The first-order chi connectivity index (χ1) is 17.9. The summed E-state index contributed by atoms with van der Waals surface area (Å²) in [5.74, 6) is 0.0434. The quantitative estimate of drug-likeness (QED) is 0.349. The molecule has 11 heteroatoms. The van der Waals surface area contributed by atoms with Gasteiger partial charge in [0.25, 0.3) is 0 Å². The third-order valence-corrected chi connectivity index (χ3v) is 8.02. The number of sulfone groups is 1. The van der Waals surface area contributed by atoms with E-state index in [1.165, 1.54) is 18.5 Å². The number of hydrogen-bond donors (Lipinski definition) is 1. The van der Waals surface area contributed by atoms with Crippen LogP contribution in [0.15, 0.2) is 61.2 Å². The van der Waals surface area contributed by atoms with Crippen molar-refractivity contribution in [2.24, 2.45) is 0 Å². The van der Waals surface area contributed by atoms with Crippen LogP contribution in [0.25, 0.3) is 22.0 Å². The normalized spacial score (nSPS) is 14.6. The van der Waals surface area contributed by atoms with E-state index in [1.807, 2.05) is 24.3 Å². The molecule has 0 bridgehead atoms. The van der Waals surface area contributed by atoms with Crippen molar-refractivity contribution in [1.29, 1.82) is 0 Å². The number of hydrogen-bond acceptors (Lipinski definition) is 8. The van der Waals surface area contributed by atoms with Crippen molar-refractivity contribution in [3.8, 4) is 11.1 Å². The van der Waals surface area contributed by atoms with E-state index in [9.17, 15) is 12.8 Å². The Balaban J connectivity index is 1.36. The van der Waals surface area contributed by atoms with E-state index >= 15 is 0 Å². The maximum Gasteiger partial charge on any atom is 0.155 e. The van der Waals surface area contributed by atoms with Gasteiger partial charge in [-0.3, -0.25) is 9.88 Å². The number of fused-ring (bicyclic) bond motifs is 1. The number of aromatic nitrogens is 3. The standard InChI is InChI=1S/C26H25ClFN5O3S/c27-23-13-21(2-3-24(23)28)32-26-22-12-19(1-4-25(22)30-17-31-26)20-11-18(14-29-15-20)16-37(34,35)10-7-33-5-8-36-9-6-33/h1-4,11-15,17H,5-10,16H2,(H,30,31,32). The molecule has 2 aromatic carbocycles. The topological polar surface area (TPSA) is 97.3 Å². The van der Waals surface area contributed by atoms with Gasteiger partial charge in [0.1, 0.15) is 18.0 Å². The summed E-state index contributed by atoms with van der Waals surface area (Å²) in [5.41, 5.74) is 3.54. The fraction of sp³-hybridized carbons (Fsp3) is 0.269. The van der Waals surface area contributed by atoms with Crippen LogP contribution in [0.2, 0.25) is 5.02 Å². The number of rotatable bonds is 8. The Morgan fingerprint density at radius 3 is 2.68 bits per heavy atom. The van der Waals surface area contributed by atoms with Crippen LogP contribution in [-0.4, -0.2) is 66.9 Å². The molecule has 4 aromatic rings. The molecule has 0 unspecified atom stereocenters. The first-order valence-electron chi connectivity index (χ1n) is 11.8. The molecule has 192 valence electrons. The van der Waals surface area contributed by atoms with Crippen molar-refractivity contribution in [2.45, 2.75) is 5.75 Å². The Labute approximate surface area is 219 Å². The van der Waals surface area contributed by atoms with E-state index in [-0.39, 0.29) is 16.5 Å². The van der Waals surface area contributed by atoms with Crippen molar-refractivity contribution in [3.63, 3.8) is 0 Å². The van der Waals surface area contributed by atoms with Gasteiger partial charge in [-0.15, -0.1) is 0 Å². The van der Waals surface area contributed by atoms with Gasteiger partial charge in [-0.2, -0.15) is 0 Å². The summed E-state index contributed by atoms with van der Waals surface area (Å²) in [6.07, 6.45) is 4.73. The second-order valence-corrected chi connectivity index (χ2v) is 11.4. The molecular formula is C26H25ClFN5O3S. The number of ether oxygens (including phenoxy) is 1. The van der Waals surface area contributed by atoms with Crippen molar-refractivity contribution in [3.05, 3.63) is 77.6 Å². The molecule has 0 saturated carbocycles. The van der Waals surface area contributed by atoms with Crippen molar-refractivity contribution >= 4 is 43.8 Å². The summed E-state index contributed by atoms with van der Waals surface area (Å²) in [4.78, 5) is 15.1. The first kappa shape index (κ1) is 25.5. The maximum absolute atomic E-state index is 13.6. The third kappa shape index (κ3) is 6.40. The lowest BCUT2D eigenvalue weighted by atomic mass is 10.0. The fourth-order valence-electron chi connectivity index (χ4n) is 4.19. The van der Waals surface area contributed by atoms with Gasteiger partial charge in [0.05, 0.1) is 35.3 Å². The molecule has 1 saturated heterocycles. The minimum absolute atomic E-state index is 0.00633. The second-order valence-electron chi connectivity index (χ2n) is 8.84. The van der Waals surface area contributed by atoms with Gasteiger partial charge < -0.3 is 10.1 Å². The molecular weight excluding hydrogens is 517 g/mol. The molecule has 37 heavy (non-hydrogen) atoms. The average molecular weight is 542 g/mol. The average Bonchev–Trinajstić information content (AvgIpc) is 2.90. The van der Waals surface area contributed by atoms with Gasteiger partial charge in [0.15, 0.2) is 9.84 Å². The highest BCUT2D eigenvalue weighted by Gasteiger charge is 2.17. The van der Waals surface area contributed by atoms with E-state index in [0.717, 1.165) is 29.6 Å². The van der Waals surface area contributed by atoms with E-state index < -0.39 is 15.7 Å². The zero-order valence-corrected chi connectivity index (χ0v) is 21.5. The lowest BCUT2D eigenvalue weighted by molar-refractivity contribution is 0.0408. The number of anilines is 2. The van der Waals surface area contributed by atoms with E-state index in [0.29, 0.717) is 42.3 Å². The number of nitrogens with one attached hydrogen (secondary N) is 1. The van der Waals surface area contributed by atoms with Crippen LogP contribution >= 0.6 is 11.6 Å². The molecule has 5 rings (SSSR count). The SMILES string of the molecule is O=S(=O)(CCN1CCOCC1)Cc1cncc(-c2ccc3ncnc(Nc4ccc(F)c(Cl)c4)c3c2)c1. The van der Waals surface area contributed by atoms with E-state index in [1.54, 1.807) is 18.5 Å². The first-order valence-corrected chi connectivity index (χ1v) is 14.0. The Bertz CT molecular complexity index is 1530. The highest BCUT2D eigenvalue weighted by molar-refractivity contribution is 7.90. The molecule has 0 aliphatic carbocycles. The molecule has 0 atom stereocenters. The van der Waals surface area contributed by atoms with Crippen LogP contribution in [0, 0.1) is 5.82 Å². The lowest BCUT2D eigenvalue weighted by Crippen LogP contribution is -2.39. The van der Waals surface area contributed by atoms with Gasteiger partial charge in [0, 0.05) is 48.7 Å². The molecule has 0 radical (unpaired) electrons. The van der Waals surface area contributed by atoms with Crippen LogP contribution < -0.4 is 5.32 Å². The molecule has 0 amide bonds. The zero-order chi connectivity index (χ0) is 25.8. The predicted molar refractivity (Wildman–Crippen MR) is 142 cm³/mol. The highest BCUT2D eigenvalue weighted by Crippen LogP contribution is 2.30. The zero-order valence-electron chi connectivity index (χ0n) is 19.9. The summed E-state index contributed by atoms with van der Waals surface area (Å²) in [7, 11) is -3.31. The maximum atomic E-state index is 13.6. The van der Waals surface area contributed by atoms with Gasteiger partial charge in [-0.05, 0) is 47.5 Å². The van der Waals surface area contributed by atoms with E-state index in [4.69, 9.17) is 16.3 Å². The predicted octanol–water partition coefficient (Wildman–Crippen LogP) is 4.47. The number of nitrogens with zero attached hydrogens (tertiary/aromatic N) is 4. The second kappa shape index (κ2) is 11.1. The minimum Gasteiger partial charge on any atom is -0.379 e. The van der Waals surface area contributed by atoms with E-state index in [2.05, 4.69) is 25.2 Å². The molecule has 1 N–H and O–H groups in total. The van der Waals surface area contributed by atoms with Gasteiger partial charge >= 0.3 is 0 Å². The summed E-state index contributed by atoms with van der Waals surface area (Å²) >= 11 is 5.92. The van der Waals surface area contributed by atoms with Crippen molar-refractivity contribution in [1.82, 2.24) is 19.9 Å². The van der Waals surface area contributed by atoms with Crippen molar-refractivity contribution < 1.29 is 17.5 Å². The molecule has 1 aliphatic rings. The lowest BCUT2D eigenvalue weighted by Gasteiger charge is -2.26. The molecule has 1 fully saturated rings. The number of morpholine rings is 1. The molecule has 8 nitrogen and oxygen atoms in total. The Hall–Kier alpha value is -3.18. The highest BCUT2D eigenvalue weighted by atomic mass is 35.5. The van der Waals surface area contributed by atoms with Crippen LogP contribution in [0.4, 0.5) is 15.9 Å². The minimum atomic E-state index is -3.31. The van der Waals surface area contributed by atoms with Gasteiger partial charge in [-0.25, -0.2) is 22.8 Å². The van der Waals surface area contributed by atoms with Gasteiger partial charge in [0.2, 0.25) is 0 Å². The molecule has 0 spiro atoms. The smallest absolute Gasteiger partial charge is 0.155 e. The van der Waals surface area contributed by atoms with Crippen LogP contribution in [0.5, 0.6) is 0 Å². The fourth-order valence-corrected chi connectivity index (χ4v) is 5.72. The number of benzene rings is 2. The Morgan fingerprint density at radius 2 is 1.86 bits per heavy atom. The summed E-state index contributed by atoms with van der Waals surface area (Å²) in [6, 6.07) is 11.9. The summed E-state index contributed by atoms with van der Waals surface area (Å²) in [6.45, 7) is 3.28. The third-order valence-electron chi connectivity index (χ3n) is 6.15. The van der Waals surface area contributed by atoms with Gasteiger partial charge in [-0.1, -0.05) is 17.7 Å². The Kier molecular flexibility index (Phi) is 7.61. The number of halogens is 2. The Morgan fingerprint density at radius 1 is 1.03 bits per heavy atom. The van der Waals surface area contributed by atoms with Crippen LogP contribution in [0.1, 0.15) is 5.56 Å². The molecule has 3 heterocycles. The number of pyridine rings is 1. The van der Waals surface area contributed by atoms with Crippen LogP contribution in [0.3, 0.4) is 0 Å². The summed E-state index contributed by atoms with van der Waals surface area (Å²) in [5, 5.41) is 3.91. The monoisotopic (exact) mass is 541 g/mol. The van der Waals surface area contributed by atoms with Crippen LogP contribution in [-0.2, 0) is 20.3 Å².